The molecule has 8 atom stereocenters. The third kappa shape index (κ3) is 3.26. The minimum absolute atomic E-state index is 0.179. The average Bonchev–Trinajstić information content (AvgIpc) is 3.02. The van der Waals surface area contributed by atoms with Gasteiger partial charge in [0.25, 0.3) is 0 Å². The van der Waals surface area contributed by atoms with Crippen molar-refractivity contribution in [2.75, 3.05) is 7.05 Å². The molecule has 0 heterocycles. The minimum atomic E-state index is 0.179. The first kappa shape index (κ1) is 19.7. The topological polar surface area (TPSA) is 29.4 Å². The fourth-order valence-electron chi connectivity index (χ4n) is 7.97. The van der Waals surface area contributed by atoms with Crippen molar-refractivity contribution in [2.45, 2.75) is 71.6 Å². The number of hydrogen-bond acceptors (Lipinski definition) is 3. The van der Waals surface area contributed by atoms with Gasteiger partial charge in [0.2, 0.25) is 0 Å². The van der Waals surface area contributed by atoms with Gasteiger partial charge in [0.15, 0.2) is 5.78 Å². The van der Waals surface area contributed by atoms with E-state index >= 15 is 0 Å². The molecular weight excluding hydrogens is 350 g/mol. The monoisotopic (exact) mass is 387 g/mol. The highest BCUT2D eigenvalue weighted by Gasteiger charge is 2.58. The summed E-state index contributed by atoms with van der Waals surface area (Å²) >= 11 is 1.41. The Morgan fingerprint density at radius 2 is 1.85 bits per heavy atom. The van der Waals surface area contributed by atoms with Gasteiger partial charge in [-0.25, -0.2) is 0 Å². The lowest BCUT2D eigenvalue weighted by Crippen LogP contribution is -2.49. The molecule has 4 rings (SSSR count). The zero-order chi connectivity index (χ0) is 19.2. The van der Waals surface area contributed by atoms with Gasteiger partial charge in [-0.05, 0) is 97.7 Å². The van der Waals surface area contributed by atoms with Crippen LogP contribution in [0, 0.1) is 46.8 Å². The molecule has 0 radical (unpaired) electrons. The van der Waals surface area contributed by atoms with Crippen molar-refractivity contribution in [1.82, 2.24) is 0 Å². The number of carbonyl (C=O) groups is 1. The predicted molar refractivity (Wildman–Crippen MR) is 116 cm³/mol. The summed E-state index contributed by atoms with van der Waals surface area (Å²) in [6.45, 7) is 8.69. The standard InChI is InChI=1S/C24H37NOS/c1-5-27-23(25-4)22(26)21-11-10-20-19-9-7-16-14-15(2)6-8-17(16)18(19)12-13-24(20,21)3/h5,15-21H,1,6-14H2,2-4H3. The fraction of sp³-hybridized carbons (Fsp3) is 0.833. The third-order valence-electron chi connectivity index (χ3n) is 9.14. The molecule has 27 heavy (non-hydrogen) atoms. The third-order valence-corrected chi connectivity index (χ3v) is 9.92. The van der Waals surface area contributed by atoms with Gasteiger partial charge in [-0.1, -0.05) is 38.6 Å². The summed E-state index contributed by atoms with van der Waals surface area (Å²) in [5.74, 6) is 6.00. The highest BCUT2D eigenvalue weighted by Crippen LogP contribution is 2.64. The molecule has 4 aliphatic rings. The zero-order valence-electron chi connectivity index (χ0n) is 17.5. The number of Topliss-reactive ketones (excluding diaryl/α,β-unsaturated/α-hetero) is 1. The van der Waals surface area contributed by atoms with E-state index in [9.17, 15) is 4.79 Å². The van der Waals surface area contributed by atoms with E-state index < -0.39 is 0 Å². The Hall–Kier alpha value is -0.570. The maximum Gasteiger partial charge on any atom is 0.191 e. The lowest BCUT2D eigenvalue weighted by atomic mass is 9.49. The number of ketones is 1. The molecule has 4 saturated carbocycles. The van der Waals surface area contributed by atoms with Crippen molar-refractivity contribution in [3.05, 3.63) is 12.0 Å². The van der Waals surface area contributed by atoms with Crippen LogP contribution in [0.1, 0.15) is 71.6 Å². The highest BCUT2D eigenvalue weighted by atomic mass is 32.2. The molecule has 150 valence electrons. The van der Waals surface area contributed by atoms with Crippen LogP contribution in [0.2, 0.25) is 0 Å². The number of rotatable bonds is 3. The van der Waals surface area contributed by atoms with Crippen LogP contribution in [0.3, 0.4) is 0 Å². The lowest BCUT2D eigenvalue weighted by molar-refractivity contribution is -0.123. The maximum atomic E-state index is 13.3. The number of nitrogens with zero attached hydrogens (tertiary/aromatic N) is 1. The van der Waals surface area contributed by atoms with E-state index in [1.807, 2.05) is 0 Å². The molecule has 3 heteroatoms. The molecular formula is C24H37NOS. The van der Waals surface area contributed by atoms with Crippen molar-refractivity contribution in [1.29, 1.82) is 0 Å². The molecule has 0 spiro atoms. The molecule has 8 unspecified atom stereocenters. The number of carbonyl (C=O) groups excluding carboxylic acids is 1. The van der Waals surface area contributed by atoms with Crippen LogP contribution in [-0.4, -0.2) is 17.9 Å². The van der Waals surface area contributed by atoms with Crippen LogP contribution in [0.15, 0.2) is 17.0 Å². The molecule has 0 amide bonds. The van der Waals surface area contributed by atoms with Crippen LogP contribution in [0.5, 0.6) is 0 Å². The van der Waals surface area contributed by atoms with E-state index in [0.29, 0.717) is 10.8 Å². The van der Waals surface area contributed by atoms with Crippen molar-refractivity contribution < 1.29 is 4.79 Å². The summed E-state index contributed by atoms with van der Waals surface area (Å²) in [5.41, 5.74) is 0.199. The quantitative estimate of drug-likeness (QED) is 0.416. The van der Waals surface area contributed by atoms with Gasteiger partial charge in [-0.3, -0.25) is 9.79 Å². The lowest BCUT2D eigenvalue weighted by Gasteiger charge is -2.56. The first-order valence-electron chi connectivity index (χ1n) is 11.3. The molecule has 0 aromatic rings. The summed E-state index contributed by atoms with van der Waals surface area (Å²) in [4.78, 5) is 17.5. The summed E-state index contributed by atoms with van der Waals surface area (Å²) in [6.07, 6.45) is 12.2. The Bertz CT molecular complexity index is 628. The summed E-state index contributed by atoms with van der Waals surface area (Å²) < 4.78 is 0. The van der Waals surface area contributed by atoms with Crippen molar-refractivity contribution >= 4 is 22.6 Å². The van der Waals surface area contributed by atoms with Crippen molar-refractivity contribution in [2.24, 2.45) is 51.8 Å². The molecule has 4 fully saturated rings. The van der Waals surface area contributed by atoms with E-state index in [4.69, 9.17) is 0 Å². The summed E-state index contributed by atoms with van der Waals surface area (Å²) in [6, 6.07) is 0. The van der Waals surface area contributed by atoms with Crippen molar-refractivity contribution in [3.63, 3.8) is 0 Å². The second-order valence-electron chi connectivity index (χ2n) is 10.2. The summed E-state index contributed by atoms with van der Waals surface area (Å²) in [7, 11) is 1.75. The SMILES string of the molecule is C=CSC(=NC)C(=O)C1CCC2C3CCC4CC(C)CCC4C3CCC12C. The number of hydrogen-bond donors (Lipinski definition) is 0. The van der Waals surface area contributed by atoms with Gasteiger partial charge in [0, 0.05) is 13.0 Å². The first-order valence-corrected chi connectivity index (χ1v) is 12.2. The molecule has 4 aliphatic carbocycles. The van der Waals surface area contributed by atoms with Crippen LogP contribution in [0.4, 0.5) is 0 Å². The molecule has 0 aliphatic heterocycles. The molecule has 0 bridgehead atoms. The smallest absolute Gasteiger partial charge is 0.191 e. The zero-order valence-corrected chi connectivity index (χ0v) is 18.3. The maximum absolute atomic E-state index is 13.3. The van der Waals surface area contributed by atoms with E-state index in [2.05, 4.69) is 25.4 Å². The second kappa shape index (κ2) is 7.69. The van der Waals surface area contributed by atoms with E-state index in [1.54, 1.807) is 12.5 Å². The average molecular weight is 388 g/mol. The number of fused-ring (bicyclic) bond motifs is 5. The van der Waals surface area contributed by atoms with Crippen LogP contribution >= 0.6 is 11.8 Å². The van der Waals surface area contributed by atoms with Crippen LogP contribution in [-0.2, 0) is 4.79 Å². The summed E-state index contributed by atoms with van der Waals surface area (Å²) in [5, 5.41) is 2.42. The van der Waals surface area contributed by atoms with E-state index in [1.165, 1.54) is 63.1 Å². The largest absolute Gasteiger partial charge is 0.292 e. The van der Waals surface area contributed by atoms with Gasteiger partial charge in [0.05, 0.1) is 0 Å². The normalized spacial score (nSPS) is 46.9. The molecule has 0 N–H and O–H groups in total. The van der Waals surface area contributed by atoms with Crippen LogP contribution < -0.4 is 0 Å². The molecule has 0 aromatic carbocycles. The van der Waals surface area contributed by atoms with Crippen LogP contribution in [0.25, 0.3) is 0 Å². The Kier molecular flexibility index (Phi) is 5.62. The highest BCUT2D eigenvalue weighted by molar-refractivity contribution is 8.18. The molecule has 2 nitrogen and oxygen atoms in total. The Labute approximate surface area is 170 Å². The van der Waals surface area contributed by atoms with Gasteiger partial charge in [-0.15, -0.1) is 0 Å². The Balaban J connectivity index is 1.53. The van der Waals surface area contributed by atoms with E-state index in [0.717, 1.165) is 41.9 Å². The Morgan fingerprint density at radius 1 is 1.07 bits per heavy atom. The van der Waals surface area contributed by atoms with E-state index in [-0.39, 0.29) is 11.3 Å². The number of thioether (sulfide) groups is 1. The van der Waals surface area contributed by atoms with Gasteiger partial charge in [-0.2, -0.15) is 0 Å². The van der Waals surface area contributed by atoms with Gasteiger partial charge in [0.1, 0.15) is 5.04 Å². The minimum Gasteiger partial charge on any atom is -0.292 e. The van der Waals surface area contributed by atoms with Gasteiger partial charge < -0.3 is 0 Å². The first-order chi connectivity index (χ1) is 13.0. The molecule has 0 aromatic heterocycles. The fourth-order valence-corrected chi connectivity index (χ4v) is 8.49. The molecule has 0 saturated heterocycles. The van der Waals surface area contributed by atoms with Crippen molar-refractivity contribution in [3.8, 4) is 0 Å². The predicted octanol–water partition coefficient (Wildman–Crippen LogP) is 6.37. The van der Waals surface area contributed by atoms with Gasteiger partial charge >= 0.3 is 0 Å². The Morgan fingerprint density at radius 3 is 2.59 bits per heavy atom. The second-order valence-corrected chi connectivity index (χ2v) is 11.2. The number of aliphatic imine (C=N–C) groups is 1.